The predicted octanol–water partition coefficient (Wildman–Crippen LogP) is 3.55. The molecule has 1 aromatic carbocycles. The average molecular weight is 326 g/mol. The minimum atomic E-state index is -1.41. The minimum absolute atomic E-state index is 0.110. The van der Waals surface area contributed by atoms with E-state index in [9.17, 15) is 9.59 Å². The van der Waals surface area contributed by atoms with Crippen LogP contribution in [0.2, 0.25) is 0 Å². The van der Waals surface area contributed by atoms with Crippen LogP contribution in [0.4, 0.5) is 0 Å². The first kappa shape index (κ1) is 17.7. The maximum absolute atomic E-state index is 12.3. The van der Waals surface area contributed by atoms with Crippen LogP contribution < -0.4 is 0 Å². The van der Waals surface area contributed by atoms with Gasteiger partial charge in [-0.05, 0) is 24.5 Å². The number of methoxy groups -OCH3 is 2. The number of rotatable bonds is 5. The summed E-state index contributed by atoms with van der Waals surface area (Å²) >= 11 is 0. The number of hydrogen-bond donors (Lipinski definition) is 0. The van der Waals surface area contributed by atoms with Crippen molar-refractivity contribution < 1.29 is 19.1 Å². The SMILES string of the molecule is C=C(C)C1=CC(C(=O)OC)(C(=O)OC)CC1/C=C/c1ccccc1. The van der Waals surface area contributed by atoms with Crippen molar-refractivity contribution in [2.45, 2.75) is 13.3 Å². The minimum Gasteiger partial charge on any atom is -0.468 e. The molecule has 4 nitrogen and oxygen atoms in total. The van der Waals surface area contributed by atoms with Crippen LogP contribution in [0.3, 0.4) is 0 Å². The summed E-state index contributed by atoms with van der Waals surface area (Å²) in [7, 11) is 2.54. The molecule has 126 valence electrons. The Labute approximate surface area is 142 Å². The molecule has 0 fully saturated rings. The summed E-state index contributed by atoms with van der Waals surface area (Å²) in [5, 5.41) is 0. The van der Waals surface area contributed by atoms with Gasteiger partial charge in [0.15, 0.2) is 5.41 Å². The van der Waals surface area contributed by atoms with Gasteiger partial charge in [-0.15, -0.1) is 0 Å². The van der Waals surface area contributed by atoms with Gasteiger partial charge in [0.25, 0.3) is 0 Å². The molecule has 1 atom stereocenters. The Morgan fingerprint density at radius 1 is 1.17 bits per heavy atom. The fraction of sp³-hybridized carbons (Fsp3) is 0.300. The van der Waals surface area contributed by atoms with E-state index < -0.39 is 17.4 Å². The standard InChI is InChI=1S/C20H22O4/c1-14(2)17-13-20(18(21)23-3,19(22)24-4)12-16(17)11-10-15-8-6-5-7-9-15/h5-11,13,16H,1,12H2,2-4H3/b11-10+. The summed E-state index contributed by atoms with van der Waals surface area (Å²) in [6.07, 6.45) is 5.89. The van der Waals surface area contributed by atoms with Crippen LogP contribution in [-0.4, -0.2) is 26.2 Å². The first-order chi connectivity index (χ1) is 11.4. The van der Waals surface area contributed by atoms with E-state index in [2.05, 4.69) is 6.58 Å². The molecule has 1 aliphatic carbocycles. The lowest BCUT2D eigenvalue weighted by Gasteiger charge is -2.22. The smallest absolute Gasteiger partial charge is 0.327 e. The van der Waals surface area contributed by atoms with Crippen molar-refractivity contribution in [1.82, 2.24) is 0 Å². The summed E-state index contributed by atoms with van der Waals surface area (Å²) in [6, 6.07) is 9.84. The third kappa shape index (κ3) is 3.32. The van der Waals surface area contributed by atoms with E-state index in [0.717, 1.165) is 16.7 Å². The molecule has 2 rings (SSSR count). The molecule has 0 spiro atoms. The molecule has 0 bridgehead atoms. The van der Waals surface area contributed by atoms with Crippen LogP contribution >= 0.6 is 0 Å². The van der Waals surface area contributed by atoms with Crippen molar-refractivity contribution in [3.05, 3.63) is 65.8 Å². The maximum Gasteiger partial charge on any atom is 0.327 e. The van der Waals surface area contributed by atoms with Crippen LogP contribution in [0.25, 0.3) is 6.08 Å². The molecule has 0 radical (unpaired) electrons. The monoisotopic (exact) mass is 326 g/mol. The predicted molar refractivity (Wildman–Crippen MR) is 92.9 cm³/mol. The van der Waals surface area contributed by atoms with Gasteiger partial charge in [0.1, 0.15) is 0 Å². The molecule has 0 saturated heterocycles. The van der Waals surface area contributed by atoms with Crippen molar-refractivity contribution in [1.29, 1.82) is 0 Å². The van der Waals surface area contributed by atoms with E-state index in [1.165, 1.54) is 14.2 Å². The van der Waals surface area contributed by atoms with Gasteiger partial charge in [0, 0.05) is 5.92 Å². The van der Waals surface area contributed by atoms with E-state index in [1.807, 2.05) is 49.4 Å². The lowest BCUT2D eigenvalue weighted by atomic mass is 9.85. The number of allylic oxidation sites excluding steroid dienone is 3. The molecule has 0 heterocycles. The van der Waals surface area contributed by atoms with Crippen LogP contribution in [0.15, 0.2) is 60.2 Å². The molecule has 4 heteroatoms. The molecule has 24 heavy (non-hydrogen) atoms. The molecule has 1 unspecified atom stereocenters. The van der Waals surface area contributed by atoms with Crippen molar-refractivity contribution in [2.75, 3.05) is 14.2 Å². The van der Waals surface area contributed by atoms with Gasteiger partial charge < -0.3 is 9.47 Å². The van der Waals surface area contributed by atoms with Crippen molar-refractivity contribution in [3.8, 4) is 0 Å². The summed E-state index contributed by atoms with van der Waals surface area (Å²) in [5.74, 6) is -1.33. The van der Waals surface area contributed by atoms with Gasteiger partial charge in [0.2, 0.25) is 0 Å². The van der Waals surface area contributed by atoms with Gasteiger partial charge in [-0.1, -0.05) is 60.7 Å². The second-order valence-electron chi connectivity index (χ2n) is 5.91. The Kier molecular flexibility index (Phi) is 5.39. The fourth-order valence-corrected chi connectivity index (χ4v) is 3.02. The van der Waals surface area contributed by atoms with Crippen LogP contribution in [0.1, 0.15) is 18.9 Å². The Morgan fingerprint density at radius 2 is 1.75 bits per heavy atom. The number of carbonyl (C=O) groups excluding carboxylic acids is 2. The zero-order valence-electron chi connectivity index (χ0n) is 14.2. The quantitative estimate of drug-likeness (QED) is 0.613. The normalized spacial score (nSPS) is 19.0. The number of ether oxygens (including phenoxy) is 2. The highest BCUT2D eigenvalue weighted by Crippen LogP contribution is 2.45. The van der Waals surface area contributed by atoms with Crippen LogP contribution in [0.5, 0.6) is 0 Å². The largest absolute Gasteiger partial charge is 0.468 e. The van der Waals surface area contributed by atoms with Gasteiger partial charge in [-0.3, -0.25) is 9.59 Å². The van der Waals surface area contributed by atoms with Crippen molar-refractivity contribution in [3.63, 3.8) is 0 Å². The molecule has 1 aromatic rings. The zero-order chi connectivity index (χ0) is 17.7. The highest BCUT2D eigenvalue weighted by Gasteiger charge is 2.52. The lowest BCUT2D eigenvalue weighted by Crippen LogP contribution is -2.38. The zero-order valence-corrected chi connectivity index (χ0v) is 14.2. The van der Waals surface area contributed by atoms with Crippen LogP contribution in [0, 0.1) is 11.3 Å². The van der Waals surface area contributed by atoms with Gasteiger partial charge in [0.05, 0.1) is 14.2 Å². The topological polar surface area (TPSA) is 52.6 Å². The highest BCUT2D eigenvalue weighted by atomic mass is 16.5. The average Bonchev–Trinajstić information content (AvgIpc) is 3.00. The van der Waals surface area contributed by atoms with E-state index in [1.54, 1.807) is 6.08 Å². The van der Waals surface area contributed by atoms with Gasteiger partial charge in [-0.25, -0.2) is 0 Å². The second-order valence-corrected chi connectivity index (χ2v) is 5.91. The molecule has 0 aromatic heterocycles. The molecule has 0 aliphatic heterocycles. The van der Waals surface area contributed by atoms with E-state index in [0.29, 0.717) is 0 Å². The van der Waals surface area contributed by atoms with Crippen molar-refractivity contribution >= 4 is 18.0 Å². The molecule has 0 saturated carbocycles. The van der Waals surface area contributed by atoms with Gasteiger partial charge >= 0.3 is 11.9 Å². The molecular formula is C20H22O4. The molecule has 0 amide bonds. The maximum atomic E-state index is 12.3. The Hall–Kier alpha value is -2.62. The second kappa shape index (κ2) is 7.30. The molecule has 1 aliphatic rings. The Morgan fingerprint density at radius 3 is 2.25 bits per heavy atom. The third-order valence-electron chi connectivity index (χ3n) is 4.26. The summed E-state index contributed by atoms with van der Waals surface area (Å²) in [6.45, 7) is 5.83. The number of carbonyl (C=O) groups is 2. The van der Waals surface area contributed by atoms with E-state index >= 15 is 0 Å². The van der Waals surface area contributed by atoms with E-state index in [4.69, 9.17) is 9.47 Å². The van der Waals surface area contributed by atoms with Gasteiger partial charge in [-0.2, -0.15) is 0 Å². The number of hydrogen-bond acceptors (Lipinski definition) is 4. The Bertz CT molecular complexity index is 682. The summed E-state index contributed by atoms with van der Waals surface area (Å²) < 4.78 is 9.72. The van der Waals surface area contributed by atoms with Crippen molar-refractivity contribution in [2.24, 2.45) is 11.3 Å². The summed E-state index contributed by atoms with van der Waals surface area (Å²) in [4.78, 5) is 24.6. The fourth-order valence-electron chi connectivity index (χ4n) is 3.02. The van der Waals surface area contributed by atoms with Crippen LogP contribution in [-0.2, 0) is 19.1 Å². The first-order valence-electron chi connectivity index (χ1n) is 7.73. The number of esters is 2. The Balaban J connectivity index is 2.39. The van der Waals surface area contributed by atoms with E-state index in [-0.39, 0.29) is 12.3 Å². The molecular weight excluding hydrogens is 304 g/mol. The highest BCUT2D eigenvalue weighted by molar-refractivity contribution is 6.03. The first-order valence-corrected chi connectivity index (χ1v) is 7.73. The lowest BCUT2D eigenvalue weighted by molar-refractivity contribution is -0.165. The summed E-state index contributed by atoms with van der Waals surface area (Å²) in [5.41, 5.74) is 1.31. The molecule has 0 N–H and O–H groups in total. The number of benzene rings is 1. The third-order valence-corrected chi connectivity index (χ3v) is 4.26.